The lowest BCUT2D eigenvalue weighted by Gasteiger charge is -2.14. The highest BCUT2D eigenvalue weighted by Crippen LogP contribution is 2.32. The van der Waals surface area contributed by atoms with Crippen LogP contribution in [0.2, 0.25) is 0 Å². The third kappa shape index (κ3) is 2.79. The molecule has 5 heteroatoms. The minimum atomic E-state index is -4.68. The molecule has 0 bridgehead atoms. The van der Waals surface area contributed by atoms with Crippen LogP contribution in [0.15, 0.2) is 24.3 Å². The van der Waals surface area contributed by atoms with Crippen LogP contribution in [0.3, 0.4) is 0 Å². The Hall–Kier alpha value is -1.36. The van der Waals surface area contributed by atoms with E-state index in [2.05, 4.69) is 0 Å². The molecule has 0 fully saturated rings. The van der Waals surface area contributed by atoms with Crippen molar-refractivity contribution in [3.05, 3.63) is 35.4 Å². The Balaban J connectivity index is 2.94. The van der Waals surface area contributed by atoms with Crippen molar-refractivity contribution >= 4 is 5.78 Å². The maximum atomic E-state index is 12.1. The van der Waals surface area contributed by atoms with E-state index in [0.717, 1.165) is 12.1 Å². The van der Waals surface area contributed by atoms with Crippen LogP contribution in [0.4, 0.5) is 13.2 Å². The summed E-state index contributed by atoms with van der Waals surface area (Å²) in [6.07, 6.45) is -7.18. The smallest absolute Gasteiger partial charge is 0.379 e. The van der Waals surface area contributed by atoms with Gasteiger partial charge in [0.15, 0.2) is 11.9 Å². The first kappa shape index (κ1) is 11.7. The van der Waals surface area contributed by atoms with Gasteiger partial charge in [-0.3, -0.25) is 4.79 Å². The number of aliphatic hydroxyl groups excluding tert-OH is 1. The normalized spacial score (nSPS) is 13.7. The van der Waals surface area contributed by atoms with Gasteiger partial charge < -0.3 is 5.11 Å². The van der Waals surface area contributed by atoms with E-state index in [1.807, 2.05) is 0 Å². The van der Waals surface area contributed by atoms with E-state index in [1.165, 1.54) is 19.1 Å². The summed E-state index contributed by atoms with van der Waals surface area (Å²) in [5.74, 6) is -0.233. The number of hydrogen-bond donors (Lipinski definition) is 1. The second-order valence-electron chi connectivity index (χ2n) is 3.12. The number of halogens is 3. The lowest BCUT2D eigenvalue weighted by Crippen LogP contribution is -2.20. The van der Waals surface area contributed by atoms with E-state index in [1.54, 1.807) is 0 Å². The molecule has 0 saturated heterocycles. The van der Waals surface area contributed by atoms with Gasteiger partial charge in [-0.25, -0.2) is 0 Å². The highest BCUT2D eigenvalue weighted by atomic mass is 19.4. The average molecular weight is 218 g/mol. The van der Waals surface area contributed by atoms with Crippen LogP contribution < -0.4 is 0 Å². The number of hydrogen-bond acceptors (Lipinski definition) is 2. The molecule has 0 aliphatic rings. The van der Waals surface area contributed by atoms with Crippen molar-refractivity contribution in [2.75, 3.05) is 0 Å². The zero-order valence-corrected chi connectivity index (χ0v) is 7.88. The number of Topliss-reactive ketones (excluding diaryl/α,β-unsaturated/α-hetero) is 1. The molecule has 0 radical (unpaired) electrons. The van der Waals surface area contributed by atoms with Crippen molar-refractivity contribution < 1.29 is 23.1 Å². The molecule has 0 aliphatic carbocycles. The molecule has 1 rings (SSSR count). The van der Waals surface area contributed by atoms with Crippen LogP contribution in [-0.4, -0.2) is 17.1 Å². The summed E-state index contributed by atoms with van der Waals surface area (Å²) in [4.78, 5) is 10.8. The molecular weight excluding hydrogens is 209 g/mol. The van der Waals surface area contributed by atoms with Crippen LogP contribution in [0.1, 0.15) is 28.9 Å². The number of benzene rings is 1. The maximum Gasteiger partial charge on any atom is 0.418 e. The number of aliphatic hydroxyl groups is 1. The molecule has 0 amide bonds. The molecule has 0 saturated carbocycles. The van der Waals surface area contributed by atoms with Crippen LogP contribution in [0.5, 0.6) is 0 Å². The monoisotopic (exact) mass is 218 g/mol. The molecule has 2 nitrogen and oxygen atoms in total. The summed E-state index contributed by atoms with van der Waals surface area (Å²) in [6, 6.07) is 4.70. The minimum absolute atomic E-state index is 0.233. The van der Waals surface area contributed by atoms with Gasteiger partial charge in [0.25, 0.3) is 0 Å². The predicted octanol–water partition coefficient (Wildman–Crippen LogP) is 2.48. The van der Waals surface area contributed by atoms with E-state index < -0.39 is 12.3 Å². The van der Waals surface area contributed by atoms with Crippen molar-refractivity contribution in [3.63, 3.8) is 0 Å². The van der Waals surface area contributed by atoms with E-state index in [-0.39, 0.29) is 11.3 Å². The standard InChI is InChI=1S/C10H9F3O2/c1-6(14)7-2-4-8(5-3-7)9(15)10(11,12)13/h2-5,9,15H,1H3. The number of alkyl halides is 3. The first-order valence-electron chi connectivity index (χ1n) is 4.18. The van der Waals surface area contributed by atoms with Gasteiger partial charge >= 0.3 is 6.18 Å². The average Bonchev–Trinajstić information content (AvgIpc) is 2.15. The molecule has 1 atom stereocenters. The number of carbonyl (C=O) groups is 1. The van der Waals surface area contributed by atoms with E-state index in [9.17, 15) is 18.0 Å². The van der Waals surface area contributed by atoms with Gasteiger partial charge in [-0.05, 0) is 12.5 Å². The highest BCUT2D eigenvalue weighted by molar-refractivity contribution is 5.94. The van der Waals surface area contributed by atoms with E-state index >= 15 is 0 Å². The molecule has 0 aliphatic heterocycles. The zero-order valence-electron chi connectivity index (χ0n) is 7.88. The second-order valence-corrected chi connectivity index (χ2v) is 3.12. The minimum Gasteiger partial charge on any atom is -0.379 e. The van der Waals surface area contributed by atoms with Gasteiger partial charge in [0.05, 0.1) is 0 Å². The van der Waals surface area contributed by atoms with Gasteiger partial charge in [-0.2, -0.15) is 13.2 Å². The van der Waals surface area contributed by atoms with E-state index in [0.29, 0.717) is 5.56 Å². The van der Waals surface area contributed by atoms with Gasteiger partial charge in [0.1, 0.15) is 0 Å². The van der Waals surface area contributed by atoms with Crippen molar-refractivity contribution in [1.82, 2.24) is 0 Å². The fourth-order valence-corrected chi connectivity index (χ4v) is 1.09. The summed E-state index contributed by atoms with van der Waals surface area (Å²) >= 11 is 0. The largest absolute Gasteiger partial charge is 0.418 e. The van der Waals surface area contributed by atoms with Crippen molar-refractivity contribution in [3.8, 4) is 0 Å². The SMILES string of the molecule is CC(=O)c1ccc(C(O)C(F)(F)F)cc1. The molecule has 0 aromatic heterocycles. The summed E-state index contributed by atoms with van der Waals surface area (Å²) in [5.41, 5.74) is 0.0422. The Morgan fingerprint density at radius 3 is 2.07 bits per heavy atom. The number of carbonyl (C=O) groups excluding carboxylic acids is 1. The zero-order chi connectivity index (χ0) is 11.6. The Bertz CT molecular complexity index is 354. The Morgan fingerprint density at radius 1 is 1.27 bits per heavy atom. The molecule has 1 N–H and O–H groups in total. The summed E-state index contributed by atoms with van der Waals surface area (Å²) in [7, 11) is 0. The first-order valence-corrected chi connectivity index (χ1v) is 4.18. The fraction of sp³-hybridized carbons (Fsp3) is 0.300. The van der Waals surface area contributed by atoms with Crippen LogP contribution >= 0.6 is 0 Å². The summed E-state index contributed by atoms with van der Waals surface area (Å²) < 4.78 is 36.2. The lowest BCUT2D eigenvalue weighted by atomic mass is 10.1. The lowest BCUT2D eigenvalue weighted by molar-refractivity contribution is -0.206. The Kier molecular flexibility index (Phi) is 3.14. The Labute approximate surface area is 84.3 Å². The molecular formula is C10H9F3O2. The molecule has 1 aromatic rings. The molecule has 82 valence electrons. The van der Waals surface area contributed by atoms with Gasteiger partial charge in [-0.1, -0.05) is 24.3 Å². The Morgan fingerprint density at radius 2 is 1.73 bits per heavy atom. The fourth-order valence-electron chi connectivity index (χ4n) is 1.09. The number of ketones is 1. The molecule has 1 aromatic carbocycles. The summed E-state index contributed by atoms with van der Waals surface area (Å²) in [5, 5.41) is 8.88. The highest BCUT2D eigenvalue weighted by Gasteiger charge is 2.39. The molecule has 0 heterocycles. The van der Waals surface area contributed by atoms with Crippen molar-refractivity contribution in [2.24, 2.45) is 0 Å². The summed E-state index contributed by atoms with van der Waals surface area (Å²) in [6.45, 7) is 1.31. The van der Waals surface area contributed by atoms with Crippen LogP contribution in [0, 0.1) is 0 Å². The van der Waals surface area contributed by atoms with Gasteiger partial charge in [0.2, 0.25) is 0 Å². The first-order chi connectivity index (χ1) is 6.82. The van der Waals surface area contributed by atoms with Gasteiger partial charge in [-0.15, -0.1) is 0 Å². The van der Waals surface area contributed by atoms with E-state index in [4.69, 9.17) is 5.11 Å². The third-order valence-corrected chi connectivity index (χ3v) is 1.94. The van der Waals surface area contributed by atoms with Gasteiger partial charge in [0, 0.05) is 5.56 Å². The topological polar surface area (TPSA) is 37.3 Å². The van der Waals surface area contributed by atoms with Crippen molar-refractivity contribution in [2.45, 2.75) is 19.2 Å². The predicted molar refractivity (Wildman–Crippen MR) is 47.5 cm³/mol. The molecule has 1 unspecified atom stereocenters. The van der Waals surface area contributed by atoms with Crippen LogP contribution in [0.25, 0.3) is 0 Å². The maximum absolute atomic E-state index is 12.1. The molecule has 15 heavy (non-hydrogen) atoms. The van der Waals surface area contributed by atoms with Crippen LogP contribution in [-0.2, 0) is 0 Å². The third-order valence-electron chi connectivity index (χ3n) is 1.94. The molecule has 0 spiro atoms. The van der Waals surface area contributed by atoms with Crippen molar-refractivity contribution in [1.29, 1.82) is 0 Å². The quantitative estimate of drug-likeness (QED) is 0.774. The number of rotatable bonds is 2. The second kappa shape index (κ2) is 4.02.